The summed E-state index contributed by atoms with van der Waals surface area (Å²) >= 11 is 1.76. The summed E-state index contributed by atoms with van der Waals surface area (Å²) < 4.78 is 0. The molecule has 0 spiro atoms. The van der Waals surface area contributed by atoms with Gasteiger partial charge in [-0.2, -0.15) is 0 Å². The quantitative estimate of drug-likeness (QED) is 0.754. The second kappa shape index (κ2) is 7.29. The van der Waals surface area contributed by atoms with Crippen LogP contribution in [0.4, 0.5) is 5.82 Å². The molecular weight excluding hydrogens is 330 g/mol. The van der Waals surface area contributed by atoms with Crippen molar-refractivity contribution in [3.05, 3.63) is 58.0 Å². The summed E-state index contributed by atoms with van der Waals surface area (Å²) in [4.78, 5) is 15.4. The third-order valence-corrected chi connectivity index (χ3v) is 5.46. The molecule has 4 heterocycles. The van der Waals surface area contributed by atoms with E-state index in [4.69, 9.17) is 9.97 Å². The van der Waals surface area contributed by atoms with E-state index in [9.17, 15) is 0 Å². The van der Waals surface area contributed by atoms with Crippen molar-refractivity contribution >= 4 is 17.2 Å². The molecule has 5 nitrogen and oxygen atoms in total. The summed E-state index contributed by atoms with van der Waals surface area (Å²) in [6.45, 7) is 4.09. The van der Waals surface area contributed by atoms with E-state index in [0.717, 1.165) is 43.1 Å². The van der Waals surface area contributed by atoms with Crippen LogP contribution in [0.2, 0.25) is 0 Å². The molecule has 0 bridgehead atoms. The average molecular weight is 351 g/mol. The Morgan fingerprint density at radius 2 is 2.04 bits per heavy atom. The molecule has 0 amide bonds. The molecule has 1 aliphatic rings. The van der Waals surface area contributed by atoms with Crippen molar-refractivity contribution in [1.82, 2.24) is 20.3 Å². The van der Waals surface area contributed by atoms with Crippen molar-refractivity contribution in [3.63, 3.8) is 0 Å². The van der Waals surface area contributed by atoms with E-state index in [0.29, 0.717) is 5.82 Å². The Hall–Kier alpha value is -2.31. The van der Waals surface area contributed by atoms with Gasteiger partial charge in [-0.3, -0.25) is 4.98 Å². The summed E-state index contributed by atoms with van der Waals surface area (Å²) in [5.74, 6) is 1.64. The van der Waals surface area contributed by atoms with E-state index in [2.05, 4.69) is 40.1 Å². The van der Waals surface area contributed by atoms with Crippen LogP contribution in [-0.4, -0.2) is 28.0 Å². The molecule has 3 aromatic rings. The summed E-state index contributed by atoms with van der Waals surface area (Å²) in [7, 11) is 0. The van der Waals surface area contributed by atoms with Gasteiger partial charge in [-0.15, -0.1) is 11.3 Å². The Balaban J connectivity index is 1.75. The van der Waals surface area contributed by atoms with Gasteiger partial charge in [-0.25, -0.2) is 9.97 Å². The molecule has 3 aromatic heterocycles. The molecule has 0 aliphatic carbocycles. The van der Waals surface area contributed by atoms with Crippen LogP contribution in [0, 0.1) is 0 Å². The van der Waals surface area contributed by atoms with Crippen LogP contribution in [0.3, 0.4) is 0 Å². The molecular formula is C19H21N5S. The third kappa shape index (κ3) is 3.55. The molecule has 0 aromatic carbocycles. The normalized spacial score (nSPS) is 15.2. The lowest BCUT2D eigenvalue weighted by Crippen LogP contribution is -2.16. The van der Waals surface area contributed by atoms with Gasteiger partial charge < -0.3 is 10.6 Å². The second-order valence-electron chi connectivity index (χ2n) is 6.17. The highest BCUT2D eigenvalue weighted by atomic mass is 32.1. The molecule has 6 heteroatoms. The lowest BCUT2D eigenvalue weighted by Gasteiger charge is -2.18. The monoisotopic (exact) mass is 351 g/mol. The minimum atomic E-state index is 0.215. The zero-order valence-corrected chi connectivity index (χ0v) is 15.0. The van der Waals surface area contributed by atoms with E-state index in [1.54, 1.807) is 17.5 Å². The van der Waals surface area contributed by atoms with E-state index in [1.807, 2.05) is 18.2 Å². The van der Waals surface area contributed by atoms with Crippen LogP contribution < -0.4 is 10.6 Å². The van der Waals surface area contributed by atoms with Gasteiger partial charge in [0, 0.05) is 29.6 Å². The first-order chi connectivity index (χ1) is 12.3. The minimum absolute atomic E-state index is 0.215. The molecule has 0 unspecified atom stereocenters. The first kappa shape index (κ1) is 16.2. The number of anilines is 1. The van der Waals surface area contributed by atoms with E-state index < -0.39 is 0 Å². The Labute approximate surface area is 151 Å². The number of thiophene rings is 1. The van der Waals surface area contributed by atoms with Crippen molar-refractivity contribution < 1.29 is 0 Å². The van der Waals surface area contributed by atoms with Gasteiger partial charge in [0.2, 0.25) is 0 Å². The van der Waals surface area contributed by atoms with Crippen LogP contribution in [0.15, 0.2) is 41.9 Å². The highest BCUT2D eigenvalue weighted by Crippen LogP contribution is 2.28. The second-order valence-corrected chi connectivity index (χ2v) is 7.15. The highest BCUT2D eigenvalue weighted by molar-refractivity contribution is 7.10. The first-order valence-corrected chi connectivity index (χ1v) is 9.51. The van der Waals surface area contributed by atoms with Gasteiger partial charge in [0.25, 0.3) is 0 Å². The van der Waals surface area contributed by atoms with Crippen LogP contribution in [-0.2, 0) is 12.8 Å². The van der Waals surface area contributed by atoms with Crippen molar-refractivity contribution in [2.24, 2.45) is 0 Å². The third-order valence-electron chi connectivity index (χ3n) is 4.40. The summed E-state index contributed by atoms with van der Waals surface area (Å²) in [6, 6.07) is 10.3. The predicted molar refractivity (Wildman–Crippen MR) is 102 cm³/mol. The van der Waals surface area contributed by atoms with Crippen LogP contribution >= 0.6 is 11.3 Å². The number of fused-ring (bicyclic) bond motifs is 1. The number of aromatic nitrogens is 3. The summed E-state index contributed by atoms with van der Waals surface area (Å²) in [5, 5.41) is 9.17. The standard InChI is InChI=1S/C19H21N5S/c1-13(17-6-4-12-25-17)22-18-14-7-10-20-11-8-15(14)23-19(24-18)16-5-2-3-9-21-16/h2-6,9,12-13,20H,7-8,10-11H2,1H3,(H,22,23,24)/t13-/m0/s1. The van der Waals surface area contributed by atoms with Crippen molar-refractivity contribution in [1.29, 1.82) is 0 Å². The van der Waals surface area contributed by atoms with Crippen molar-refractivity contribution in [2.75, 3.05) is 18.4 Å². The molecule has 0 saturated heterocycles. The van der Waals surface area contributed by atoms with E-state index in [-0.39, 0.29) is 6.04 Å². The number of nitrogens with one attached hydrogen (secondary N) is 2. The van der Waals surface area contributed by atoms with Gasteiger partial charge in [-0.1, -0.05) is 12.1 Å². The smallest absolute Gasteiger partial charge is 0.180 e. The number of nitrogens with zero attached hydrogens (tertiary/aromatic N) is 3. The van der Waals surface area contributed by atoms with Gasteiger partial charge in [0.15, 0.2) is 5.82 Å². The molecule has 1 aliphatic heterocycles. The first-order valence-electron chi connectivity index (χ1n) is 8.63. The molecule has 4 rings (SSSR count). The Morgan fingerprint density at radius 3 is 2.84 bits per heavy atom. The zero-order chi connectivity index (χ0) is 17.1. The van der Waals surface area contributed by atoms with Crippen LogP contribution in [0.1, 0.15) is 29.1 Å². The fourth-order valence-electron chi connectivity index (χ4n) is 3.09. The van der Waals surface area contributed by atoms with E-state index >= 15 is 0 Å². The fraction of sp³-hybridized carbons (Fsp3) is 0.316. The molecule has 128 valence electrons. The lowest BCUT2D eigenvalue weighted by atomic mass is 10.1. The highest BCUT2D eigenvalue weighted by Gasteiger charge is 2.19. The summed E-state index contributed by atoms with van der Waals surface area (Å²) in [5.41, 5.74) is 3.17. The largest absolute Gasteiger partial charge is 0.362 e. The van der Waals surface area contributed by atoms with Gasteiger partial charge in [0.1, 0.15) is 11.5 Å². The predicted octanol–water partition coefficient (Wildman–Crippen LogP) is 3.46. The molecule has 1 atom stereocenters. The topological polar surface area (TPSA) is 62.7 Å². The van der Waals surface area contributed by atoms with Gasteiger partial charge >= 0.3 is 0 Å². The maximum atomic E-state index is 4.84. The molecule has 0 saturated carbocycles. The molecule has 0 fully saturated rings. The van der Waals surface area contributed by atoms with Crippen LogP contribution in [0.5, 0.6) is 0 Å². The van der Waals surface area contributed by atoms with E-state index in [1.165, 1.54) is 10.4 Å². The number of pyridine rings is 1. The summed E-state index contributed by atoms with van der Waals surface area (Å²) in [6.07, 6.45) is 3.64. The van der Waals surface area contributed by atoms with Gasteiger partial charge in [-0.05, 0) is 43.5 Å². The Bertz CT molecular complexity index is 833. The SMILES string of the molecule is C[C@H](Nc1nc(-c2ccccn2)nc2c1CCNCC2)c1cccs1. The average Bonchev–Trinajstić information content (AvgIpc) is 3.08. The lowest BCUT2D eigenvalue weighted by molar-refractivity contribution is 0.708. The molecule has 0 radical (unpaired) electrons. The number of rotatable bonds is 4. The maximum absolute atomic E-state index is 4.84. The minimum Gasteiger partial charge on any atom is -0.362 e. The van der Waals surface area contributed by atoms with Crippen molar-refractivity contribution in [3.8, 4) is 11.5 Å². The number of hydrogen-bond donors (Lipinski definition) is 2. The fourth-order valence-corrected chi connectivity index (χ4v) is 3.82. The maximum Gasteiger partial charge on any atom is 0.180 e. The zero-order valence-electron chi connectivity index (χ0n) is 14.2. The van der Waals surface area contributed by atoms with Crippen molar-refractivity contribution in [2.45, 2.75) is 25.8 Å². The molecule has 25 heavy (non-hydrogen) atoms. The number of hydrogen-bond acceptors (Lipinski definition) is 6. The van der Waals surface area contributed by atoms with Crippen LogP contribution in [0.25, 0.3) is 11.5 Å². The van der Waals surface area contributed by atoms with Gasteiger partial charge in [0.05, 0.1) is 11.7 Å². The molecule has 2 N–H and O–H groups in total. The Morgan fingerprint density at radius 1 is 1.12 bits per heavy atom. The Kier molecular flexibility index (Phi) is 4.72.